The van der Waals surface area contributed by atoms with Gasteiger partial charge >= 0.3 is 6.18 Å². The van der Waals surface area contributed by atoms with Crippen molar-refractivity contribution in [2.24, 2.45) is 11.8 Å². The fourth-order valence-electron chi connectivity index (χ4n) is 3.97. The third kappa shape index (κ3) is 23.6. The Labute approximate surface area is 267 Å². The molecule has 1 saturated heterocycles. The predicted molar refractivity (Wildman–Crippen MR) is 183 cm³/mol. The van der Waals surface area contributed by atoms with Gasteiger partial charge in [-0.05, 0) is 72.5 Å². The second-order valence-electron chi connectivity index (χ2n) is 11.4. The van der Waals surface area contributed by atoms with Crippen molar-refractivity contribution in [2.45, 2.75) is 106 Å². The van der Waals surface area contributed by atoms with Crippen LogP contribution in [0.15, 0.2) is 60.7 Å². The number of hydrogen-bond donors (Lipinski definition) is 1. The number of rotatable bonds is 8. The molecular formula is C36H62F3N3O2. The number of benzene rings is 1. The van der Waals surface area contributed by atoms with E-state index >= 15 is 0 Å². The number of carbonyl (C=O) groups excluding carboxylic acids is 2. The summed E-state index contributed by atoms with van der Waals surface area (Å²) in [5.41, 5.74) is 1.32. The number of halogens is 3. The number of likely N-dealkylation sites (N-methyl/N-ethyl adjacent to an activating group) is 1. The lowest BCUT2D eigenvalue weighted by Crippen LogP contribution is -2.41. The molecule has 1 aromatic rings. The number of amides is 2. The van der Waals surface area contributed by atoms with E-state index in [2.05, 4.69) is 88.3 Å². The number of nitrogens with zero attached hydrogens (tertiary/aromatic N) is 2. The van der Waals surface area contributed by atoms with Gasteiger partial charge in [0.2, 0.25) is 12.3 Å². The third-order valence-electron chi connectivity index (χ3n) is 6.95. The maximum Gasteiger partial charge on any atom is 0.394 e. The molecule has 254 valence electrons. The second-order valence-corrected chi connectivity index (χ2v) is 11.4. The van der Waals surface area contributed by atoms with E-state index in [1.807, 2.05) is 37.0 Å². The van der Waals surface area contributed by atoms with E-state index in [1.165, 1.54) is 24.5 Å². The summed E-state index contributed by atoms with van der Waals surface area (Å²) in [6.07, 6.45) is 11.0. The van der Waals surface area contributed by atoms with Crippen LogP contribution in [0.5, 0.6) is 0 Å². The summed E-state index contributed by atoms with van der Waals surface area (Å²) in [7, 11) is 3.72. The molecule has 0 radical (unpaired) electrons. The van der Waals surface area contributed by atoms with Crippen molar-refractivity contribution in [1.29, 1.82) is 0 Å². The summed E-state index contributed by atoms with van der Waals surface area (Å²) in [4.78, 5) is 24.9. The first-order valence-corrected chi connectivity index (χ1v) is 15.6. The highest BCUT2D eigenvalue weighted by atomic mass is 19.4. The molecule has 1 heterocycles. The maximum atomic E-state index is 11.6. The number of nitrogens with one attached hydrogen (secondary N) is 1. The number of hydrogen-bond acceptors (Lipinski definition) is 3. The molecule has 0 aromatic heterocycles. The highest BCUT2D eigenvalue weighted by molar-refractivity contribution is 5.74. The van der Waals surface area contributed by atoms with Gasteiger partial charge in [-0.2, -0.15) is 13.2 Å². The van der Waals surface area contributed by atoms with Crippen LogP contribution >= 0.6 is 0 Å². The molecular weight excluding hydrogens is 563 g/mol. The van der Waals surface area contributed by atoms with Crippen molar-refractivity contribution in [2.75, 3.05) is 27.2 Å². The first kappa shape index (κ1) is 45.6. The van der Waals surface area contributed by atoms with Gasteiger partial charge in [-0.15, -0.1) is 0 Å². The van der Waals surface area contributed by atoms with E-state index in [0.29, 0.717) is 18.4 Å². The number of carbonyl (C=O) groups is 2. The lowest BCUT2D eigenvalue weighted by Gasteiger charge is -2.30. The molecule has 3 unspecified atom stereocenters. The van der Waals surface area contributed by atoms with Gasteiger partial charge in [0.05, 0.1) is 5.92 Å². The summed E-state index contributed by atoms with van der Waals surface area (Å²) < 4.78 is 34.8. The molecule has 1 aromatic carbocycles. The van der Waals surface area contributed by atoms with Crippen molar-refractivity contribution in [3.8, 4) is 0 Å². The van der Waals surface area contributed by atoms with Gasteiger partial charge < -0.3 is 15.1 Å². The van der Waals surface area contributed by atoms with Gasteiger partial charge in [-0.3, -0.25) is 9.59 Å². The molecule has 2 rings (SSSR count). The van der Waals surface area contributed by atoms with Crippen LogP contribution in [-0.2, 0) is 9.59 Å². The second kappa shape index (κ2) is 26.5. The molecule has 1 aliphatic heterocycles. The molecule has 1 fully saturated rings. The van der Waals surface area contributed by atoms with Crippen LogP contribution in [0.3, 0.4) is 0 Å². The predicted octanol–water partition coefficient (Wildman–Crippen LogP) is 9.18. The van der Waals surface area contributed by atoms with Crippen LogP contribution in [0.4, 0.5) is 13.2 Å². The fourth-order valence-corrected chi connectivity index (χ4v) is 3.97. The molecule has 0 saturated carbocycles. The van der Waals surface area contributed by atoms with Crippen LogP contribution < -0.4 is 5.32 Å². The van der Waals surface area contributed by atoms with Crippen LogP contribution in [0, 0.1) is 11.8 Å². The molecule has 0 bridgehead atoms. The molecule has 0 aliphatic carbocycles. The standard InChI is InChI=1S/C12H24N2O.C12H16.C6H9F3.C4H8.C2H5NO/c1-6-7-13(5)11-8-12(3,4)14(9-11)10(2)15;1-3-11(2)9-10-12-7-5-4-6-8-12;1-3-4-5(2)6(7,8)9;1-3-4-2;1-3-2-4/h11H,6-9H2,1-5H3;4-11H,3H2,1-2H3;3-5H,1-2H3;3-4H,1-2H3;2H,1H3,(H,3,4)/b;10-9-;4-3+;4-3-;. The zero-order chi connectivity index (χ0) is 34.8. The Morgan fingerprint density at radius 1 is 1.07 bits per heavy atom. The van der Waals surface area contributed by atoms with Gasteiger partial charge in [0.1, 0.15) is 0 Å². The first-order chi connectivity index (χ1) is 20.5. The van der Waals surface area contributed by atoms with Crippen molar-refractivity contribution in [3.63, 3.8) is 0 Å². The van der Waals surface area contributed by atoms with Crippen LogP contribution in [0.25, 0.3) is 6.08 Å². The zero-order valence-electron chi connectivity index (χ0n) is 29.5. The topological polar surface area (TPSA) is 52.6 Å². The SMILES string of the molecule is C/C=C/C(C)C(F)(F)F.C/C=C\C.CCC(C)/C=C\c1ccccc1.CCCN(C)C1CN(C(C)=O)C(C)(C)C1.CNC=O. The summed E-state index contributed by atoms with van der Waals surface area (Å²) in [5, 5.41) is 2.25. The molecule has 5 nitrogen and oxygen atoms in total. The molecule has 2 amide bonds. The molecule has 1 aliphatic rings. The zero-order valence-corrected chi connectivity index (χ0v) is 29.5. The number of likely N-dealkylation sites (tertiary alicyclic amines) is 1. The molecule has 1 N–H and O–H groups in total. The van der Waals surface area contributed by atoms with Crippen LogP contribution in [0.2, 0.25) is 0 Å². The van der Waals surface area contributed by atoms with E-state index in [1.54, 1.807) is 20.9 Å². The highest BCUT2D eigenvalue weighted by Gasteiger charge is 2.41. The Balaban J connectivity index is -0.000000521. The van der Waals surface area contributed by atoms with E-state index in [-0.39, 0.29) is 11.4 Å². The van der Waals surface area contributed by atoms with Gasteiger partial charge in [0, 0.05) is 32.1 Å². The Bertz CT molecular complexity index is 924. The minimum absolute atomic E-state index is 0.0263. The summed E-state index contributed by atoms with van der Waals surface area (Å²) >= 11 is 0. The molecule has 3 atom stereocenters. The Kier molecular flexibility index (Phi) is 27.5. The Hall–Kier alpha value is -2.87. The first-order valence-electron chi connectivity index (χ1n) is 15.6. The number of allylic oxidation sites excluding steroid dienone is 5. The monoisotopic (exact) mass is 625 g/mol. The van der Waals surface area contributed by atoms with Crippen molar-refractivity contribution < 1.29 is 22.8 Å². The summed E-state index contributed by atoms with van der Waals surface area (Å²) in [6, 6.07) is 11.0. The average Bonchev–Trinajstić information content (AvgIpc) is 3.32. The van der Waals surface area contributed by atoms with E-state index in [0.717, 1.165) is 32.5 Å². The Morgan fingerprint density at radius 3 is 1.91 bits per heavy atom. The van der Waals surface area contributed by atoms with Gasteiger partial charge in [0.25, 0.3) is 0 Å². The minimum Gasteiger partial charge on any atom is -0.362 e. The molecule has 44 heavy (non-hydrogen) atoms. The quantitative estimate of drug-likeness (QED) is 0.232. The number of alkyl halides is 3. The molecule has 0 spiro atoms. The fraction of sp³-hybridized carbons (Fsp3) is 0.611. The molecule has 8 heteroatoms. The van der Waals surface area contributed by atoms with E-state index in [9.17, 15) is 18.0 Å². The van der Waals surface area contributed by atoms with E-state index in [4.69, 9.17) is 4.79 Å². The smallest absolute Gasteiger partial charge is 0.362 e. The average molecular weight is 626 g/mol. The lowest BCUT2D eigenvalue weighted by molar-refractivity contribution is -0.156. The van der Waals surface area contributed by atoms with Crippen molar-refractivity contribution in [3.05, 3.63) is 66.3 Å². The third-order valence-corrected chi connectivity index (χ3v) is 6.95. The van der Waals surface area contributed by atoms with Crippen LogP contribution in [0.1, 0.15) is 94.1 Å². The van der Waals surface area contributed by atoms with Gasteiger partial charge in [-0.1, -0.05) is 101 Å². The highest BCUT2D eigenvalue weighted by Crippen LogP contribution is 2.31. The lowest BCUT2D eigenvalue weighted by atomic mass is 9.99. The minimum atomic E-state index is -4.08. The van der Waals surface area contributed by atoms with Crippen molar-refractivity contribution in [1.82, 2.24) is 15.1 Å². The maximum absolute atomic E-state index is 11.6. The van der Waals surface area contributed by atoms with Crippen LogP contribution in [-0.4, -0.2) is 67.1 Å². The van der Waals surface area contributed by atoms with Crippen molar-refractivity contribution >= 4 is 18.4 Å². The Morgan fingerprint density at radius 2 is 1.59 bits per heavy atom. The summed E-state index contributed by atoms with van der Waals surface area (Å²) in [6.45, 7) is 21.3. The van der Waals surface area contributed by atoms with Gasteiger partial charge in [0.15, 0.2) is 0 Å². The normalized spacial score (nSPS) is 16.9. The van der Waals surface area contributed by atoms with E-state index < -0.39 is 12.1 Å². The van der Waals surface area contributed by atoms with Gasteiger partial charge in [-0.25, -0.2) is 0 Å². The largest absolute Gasteiger partial charge is 0.394 e. The summed E-state index contributed by atoms with van der Waals surface area (Å²) in [5.74, 6) is -0.430.